The smallest absolute Gasteiger partial charge is 0.317 e. The third-order valence-corrected chi connectivity index (χ3v) is 3.64. The van der Waals surface area contributed by atoms with E-state index in [9.17, 15) is 9.18 Å². The number of amides is 2. The predicted molar refractivity (Wildman–Crippen MR) is 73.5 cm³/mol. The fourth-order valence-corrected chi connectivity index (χ4v) is 2.60. The second-order valence-corrected chi connectivity index (χ2v) is 5.10. The summed E-state index contributed by atoms with van der Waals surface area (Å²) in [7, 11) is 0. The number of rotatable bonds is 3. The summed E-state index contributed by atoms with van der Waals surface area (Å²) < 4.78 is 13.1. The van der Waals surface area contributed by atoms with Crippen LogP contribution in [0.3, 0.4) is 0 Å². The van der Waals surface area contributed by atoms with Gasteiger partial charge in [0.2, 0.25) is 0 Å². The van der Waals surface area contributed by atoms with Gasteiger partial charge in [-0.1, -0.05) is 12.1 Å². The van der Waals surface area contributed by atoms with Gasteiger partial charge >= 0.3 is 6.03 Å². The first-order valence-corrected chi connectivity index (χ1v) is 6.96. The third kappa shape index (κ3) is 3.94. The van der Waals surface area contributed by atoms with Gasteiger partial charge in [-0.3, -0.25) is 0 Å². The molecule has 2 amide bonds. The van der Waals surface area contributed by atoms with E-state index in [0.717, 1.165) is 37.9 Å². The van der Waals surface area contributed by atoms with E-state index in [0.29, 0.717) is 12.5 Å². The molecule has 1 aliphatic heterocycles. The zero-order valence-corrected chi connectivity index (χ0v) is 11.4. The highest BCUT2D eigenvalue weighted by Crippen LogP contribution is 2.22. The van der Waals surface area contributed by atoms with Gasteiger partial charge in [0.05, 0.1) is 0 Å². The average molecular weight is 264 g/mol. The van der Waals surface area contributed by atoms with Gasteiger partial charge in [0, 0.05) is 19.6 Å². The molecule has 0 saturated carbocycles. The number of nitrogens with one attached hydrogen (secondary N) is 1. The molecule has 1 N–H and O–H groups in total. The molecule has 1 saturated heterocycles. The monoisotopic (exact) mass is 264 g/mol. The topological polar surface area (TPSA) is 32.3 Å². The first-order valence-electron chi connectivity index (χ1n) is 6.96. The Labute approximate surface area is 113 Å². The summed E-state index contributed by atoms with van der Waals surface area (Å²) in [4.78, 5) is 13.5. The van der Waals surface area contributed by atoms with Crippen LogP contribution in [0.4, 0.5) is 9.18 Å². The quantitative estimate of drug-likeness (QED) is 0.894. The van der Waals surface area contributed by atoms with E-state index in [1.54, 1.807) is 12.1 Å². The number of nitrogens with zero attached hydrogens (tertiary/aromatic N) is 1. The van der Waals surface area contributed by atoms with E-state index >= 15 is 0 Å². The second kappa shape index (κ2) is 6.55. The van der Waals surface area contributed by atoms with Crippen LogP contribution in [0.15, 0.2) is 24.3 Å². The molecule has 19 heavy (non-hydrogen) atoms. The summed E-state index contributed by atoms with van der Waals surface area (Å²) in [6, 6.07) is 6.84. The molecule has 1 aromatic carbocycles. The maximum atomic E-state index is 13.1. The van der Waals surface area contributed by atoms with Crippen molar-refractivity contribution in [3.05, 3.63) is 35.6 Å². The predicted octanol–water partition coefficient (Wildman–Crippen LogP) is 2.81. The minimum atomic E-state index is -0.169. The highest BCUT2D eigenvalue weighted by molar-refractivity contribution is 5.74. The van der Waals surface area contributed by atoms with Gasteiger partial charge in [-0.05, 0) is 49.8 Å². The lowest BCUT2D eigenvalue weighted by Crippen LogP contribution is -2.44. The molecule has 104 valence electrons. The van der Waals surface area contributed by atoms with Gasteiger partial charge in [0.15, 0.2) is 0 Å². The molecule has 1 fully saturated rings. The van der Waals surface area contributed by atoms with Crippen molar-refractivity contribution in [2.75, 3.05) is 19.6 Å². The van der Waals surface area contributed by atoms with Crippen molar-refractivity contribution in [3.63, 3.8) is 0 Å². The standard InChI is InChI=1S/C15H21FN2O/c1-2-17-15(19)18-8-6-12(7-9-18)10-13-4-3-5-14(16)11-13/h3-5,11-12H,2,6-10H2,1H3,(H,17,19). The molecule has 0 aliphatic carbocycles. The highest BCUT2D eigenvalue weighted by atomic mass is 19.1. The van der Waals surface area contributed by atoms with E-state index in [2.05, 4.69) is 5.32 Å². The molecule has 1 aromatic rings. The van der Waals surface area contributed by atoms with Crippen molar-refractivity contribution < 1.29 is 9.18 Å². The number of hydrogen-bond acceptors (Lipinski definition) is 1. The number of benzene rings is 1. The molecule has 4 heteroatoms. The maximum Gasteiger partial charge on any atom is 0.317 e. The van der Waals surface area contributed by atoms with Crippen LogP contribution in [0.25, 0.3) is 0 Å². The minimum absolute atomic E-state index is 0.0340. The molecule has 3 nitrogen and oxygen atoms in total. The van der Waals surface area contributed by atoms with Crippen LogP contribution in [0.2, 0.25) is 0 Å². The van der Waals surface area contributed by atoms with Gasteiger partial charge in [0.25, 0.3) is 0 Å². The zero-order valence-electron chi connectivity index (χ0n) is 11.4. The lowest BCUT2D eigenvalue weighted by molar-refractivity contribution is 0.171. The number of urea groups is 1. The normalized spacial score (nSPS) is 16.4. The summed E-state index contributed by atoms with van der Waals surface area (Å²) >= 11 is 0. The van der Waals surface area contributed by atoms with E-state index < -0.39 is 0 Å². The van der Waals surface area contributed by atoms with E-state index in [-0.39, 0.29) is 11.8 Å². The number of carbonyl (C=O) groups is 1. The minimum Gasteiger partial charge on any atom is -0.338 e. The van der Waals surface area contributed by atoms with Crippen molar-refractivity contribution in [3.8, 4) is 0 Å². The van der Waals surface area contributed by atoms with E-state index in [1.165, 1.54) is 6.07 Å². The second-order valence-electron chi connectivity index (χ2n) is 5.10. The lowest BCUT2D eigenvalue weighted by atomic mass is 9.90. The Bertz CT molecular complexity index is 428. The van der Waals surface area contributed by atoms with Crippen LogP contribution in [-0.4, -0.2) is 30.6 Å². The van der Waals surface area contributed by atoms with Crippen molar-refractivity contribution in [2.24, 2.45) is 5.92 Å². The van der Waals surface area contributed by atoms with Gasteiger partial charge in [-0.15, -0.1) is 0 Å². The first-order chi connectivity index (χ1) is 9.19. The summed E-state index contributed by atoms with van der Waals surface area (Å²) in [5, 5.41) is 2.82. The molecular formula is C15H21FN2O. The van der Waals surface area contributed by atoms with Crippen molar-refractivity contribution >= 4 is 6.03 Å². The van der Waals surface area contributed by atoms with E-state index in [4.69, 9.17) is 0 Å². The molecule has 1 aliphatic rings. The molecule has 0 aromatic heterocycles. The van der Waals surface area contributed by atoms with Gasteiger partial charge in [-0.25, -0.2) is 9.18 Å². The molecular weight excluding hydrogens is 243 g/mol. The molecule has 0 atom stereocenters. The summed E-state index contributed by atoms with van der Waals surface area (Å²) in [6.07, 6.45) is 2.89. The Morgan fingerprint density at radius 3 is 2.79 bits per heavy atom. The SMILES string of the molecule is CCNC(=O)N1CCC(Cc2cccc(F)c2)CC1. The molecule has 0 spiro atoms. The fraction of sp³-hybridized carbons (Fsp3) is 0.533. The largest absolute Gasteiger partial charge is 0.338 e. The van der Waals surface area contributed by atoms with Crippen molar-refractivity contribution in [1.82, 2.24) is 10.2 Å². The molecule has 0 radical (unpaired) electrons. The number of carbonyl (C=O) groups excluding carboxylic acids is 1. The van der Waals surface area contributed by atoms with Crippen LogP contribution in [0, 0.1) is 11.7 Å². The average Bonchev–Trinajstić information content (AvgIpc) is 2.40. The number of hydrogen-bond donors (Lipinski definition) is 1. The fourth-order valence-electron chi connectivity index (χ4n) is 2.60. The first kappa shape index (κ1) is 13.8. The summed E-state index contributed by atoms with van der Waals surface area (Å²) in [5.41, 5.74) is 1.05. The maximum absolute atomic E-state index is 13.1. The highest BCUT2D eigenvalue weighted by Gasteiger charge is 2.22. The number of likely N-dealkylation sites (tertiary alicyclic amines) is 1. The van der Waals surface area contributed by atoms with Gasteiger partial charge in [0.1, 0.15) is 5.82 Å². The zero-order chi connectivity index (χ0) is 13.7. The Morgan fingerprint density at radius 1 is 1.42 bits per heavy atom. The number of halogens is 1. The van der Waals surface area contributed by atoms with Gasteiger partial charge < -0.3 is 10.2 Å². The Morgan fingerprint density at radius 2 is 2.16 bits per heavy atom. The van der Waals surface area contributed by atoms with Crippen LogP contribution in [0.1, 0.15) is 25.3 Å². The molecule has 0 unspecified atom stereocenters. The summed E-state index contributed by atoms with van der Waals surface area (Å²) in [6.45, 7) is 4.19. The van der Waals surface area contributed by atoms with Crippen molar-refractivity contribution in [2.45, 2.75) is 26.2 Å². The van der Waals surface area contributed by atoms with Crippen LogP contribution in [0.5, 0.6) is 0 Å². The Hall–Kier alpha value is -1.58. The van der Waals surface area contributed by atoms with Crippen LogP contribution < -0.4 is 5.32 Å². The number of piperidine rings is 1. The molecule has 0 bridgehead atoms. The van der Waals surface area contributed by atoms with E-state index in [1.807, 2.05) is 17.9 Å². The van der Waals surface area contributed by atoms with Crippen LogP contribution >= 0.6 is 0 Å². The summed E-state index contributed by atoms with van der Waals surface area (Å²) in [5.74, 6) is 0.379. The Kier molecular flexibility index (Phi) is 4.77. The molecule has 1 heterocycles. The Balaban J connectivity index is 1.82. The van der Waals surface area contributed by atoms with Gasteiger partial charge in [-0.2, -0.15) is 0 Å². The van der Waals surface area contributed by atoms with Crippen LogP contribution in [-0.2, 0) is 6.42 Å². The lowest BCUT2D eigenvalue weighted by Gasteiger charge is -2.32. The third-order valence-electron chi connectivity index (χ3n) is 3.64. The molecule has 2 rings (SSSR count). The van der Waals surface area contributed by atoms with Crippen molar-refractivity contribution in [1.29, 1.82) is 0 Å².